The fourth-order valence-corrected chi connectivity index (χ4v) is 1.50. The smallest absolute Gasteiger partial charge is 0.321 e. The molecular formula is C13H20N2O2. The molecule has 0 saturated carbocycles. The number of nitrogens with one attached hydrogen (secondary N) is 1. The molecule has 4 heteroatoms. The first-order valence-electron chi connectivity index (χ1n) is 5.84. The summed E-state index contributed by atoms with van der Waals surface area (Å²) in [7, 11) is 1.77. The number of nitrogens with zero attached hydrogens (tertiary/aromatic N) is 1. The molecule has 1 aromatic rings. The number of hydrogen-bond acceptors (Lipinski definition) is 2. The number of hydrogen-bond donors (Lipinski definition) is 2. The lowest BCUT2D eigenvalue weighted by Crippen LogP contribution is -2.31. The van der Waals surface area contributed by atoms with Gasteiger partial charge >= 0.3 is 6.03 Å². The van der Waals surface area contributed by atoms with E-state index < -0.39 is 6.10 Å². The Hall–Kier alpha value is -1.55. The number of carbonyl (C=O) groups is 1. The average Bonchev–Trinajstić information content (AvgIpc) is 2.30. The summed E-state index contributed by atoms with van der Waals surface area (Å²) in [6.07, 6.45) is 0.452. The van der Waals surface area contributed by atoms with Crippen molar-refractivity contribution in [3.8, 4) is 0 Å². The van der Waals surface area contributed by atoms with Gasteiger partial charge in [0.1, 0.15) is 0 Å². The van der Waals surface area contributed by atoms with Gasteiger partial charge in [-0.3, -0.25) is 0 Å². The van der Waals surface area contributed by atoms with Gasteiger partial charge in [-0.15, -0.1) is 0 Å². The SMILES string of the molecule is CCCN(C)C(=O)Nc1ccc(C(C)O)cc1. The zero-order chi connectivity index (χ0) is 12.8. The van der Waals surface area contributed by atoms with Crippen molar-refractivity contribution >= 4 is 11.7 Å². The van der Waals surface area contributed by atoms with Crippen molar-refractivity contribution < 1.29 is 9.90 Å². The molecule has 17 heavy (non-hydrogen) atoms. The zero-order valence-electron chi connectivity index (χ0n) is 10.6. The van der Waals surface area contributed by atoms with E-state index in [2.05, 4.69) is 5.32 Å². The molecule has 1 unspecified atom stereocenters. The van der Waals surface area contributed by atoms with E-state index in [1.807, 2.05) is 6.92 Å². The van der Waals surface area contributed by atoms with Gasteiger partial charge in [0.05, 0.1) is 6.10 Å². The van der Waals surface area contributed by atoms with E-state index in [1.54, 1.807) is 43.1 Å². The molecule has 94 valence electrons. The van der Waals surface area contributed by atoms with Crippen LogP contribution in [0, 0.1) is 0 Å². The number of urea groups is 1. The normalized spacial score (nSPS) is 12.0. The van der Waals surface area contributed by atoms with Crippen molar-refractivity contribution in [1.82, 2.24) is 4.90 Å². The van der Waals surface area contributed by atoms with Gasteiger partial charge in [0.25, 0.3) is 0 Å². The van der Waals surface area contributed by atoms with E-state index in [-0.39, 0.29) is 6.03 Å². The summed E-state index contributed by atoms with van der Waals surface area (Å²) in [6.45, 7) is 4.47. The lowest BCUT2D eigenvalue weighted by Gasteiger charge is -2.17. The third-order valence-corrected chi connectivity index (χ3v) is 2.55. The van der Waals surface area contributed by atoms with E-state index in [9.17, 15) is 9.90 Å². The molecule has 0 aliphatic rings. The Morgan fingerprint density at radius 2 is 2.00 bits per heavy atom. The number of carbonyl (C=O) groups excluding carboxylic acids is 1. The van der Waals surface area contributed by atoms with Crippen molar-refractivity contribution in [3.05, 3.63) is 29.8 Å². The van der Waals surface area contributed by atoms with Crippen LogP contribution in [0.15, 0.2) is 24.3 Å². The van der Waals surface area contributed by atoms with Crippen LogP contribution in [0.1, 0.15) is 31.9 Å². The Kier molecular flexibility index (Phi) is 4.97. The lowest BCUT2D eigenvalue weighted by atomic mass is 10.1. The van der Waals surface area contributed by atoms with Crippen LogP contribution < -0.4 is 5.32 Å². The summed E-state index contributed by atoms with van der Waals surface area (Å²) >= 11 is 0. The molecule has 0 aliphatic heterocycles. The maximum atomic E-state index is 11.7. The third-order valence-electron chi connectivity index (χ3n) is 2.55. The fraction of sp³-hybridized carbons (Fsp3) is 0.462. The van der Waals surface area contributed by atoms with Crippen LogP contribution in [-0.2, 0) is 0 Å². The molecule has 0 bridgehead atoms. The van der Waals surface area contributed by atoms with Gasteiger partial charge in [0, 0.05) is 19.3 Å². The van der Waals surface area contributed by atoms with Gasteiger partial charge in [0.2, 0.25) is 0 Å². The maximum Gasteiger partial charge on any atom is 0.321 e. The number of rotatable bonds is 4. The van der Waals surface area contributed by atoms with Crippen LogP contribution in [0.4, 0.5) is 10.5 Å². The van der Waals surface area contributed by atoms with Gasteiger partial charge in [-0.25, -0.2) is 4.79 Å². The molecule has 2 amide bonds. The molecule has 0 radical (unpaired) electrons. The minimum atomic E-state index is -0.484. The monoisotopic (exact) mass is 236 g/mol. The summed E-state index contributed by atoms with van der Waals surface area (Å²) in [5.74, 6) is 0. The Morgan fingerprint density at radius 1 is 1.41 bits per heavy atom. The molecule has 0 spiro atoms. The fourth-order valence-electron chi connectivity index (χ4n) is 1.50. The Bertz CT molecular complexity index is 360. The first-order valence-corrected chi connectivity index (χ1v) is 5.84. The quantitative estimate of drug-likeness (QED) is 0.844. The van der Waals surface area contributed by atoms with Crippen LogP contribution in [0.3, 0.4) is 0 Å². The Morgan fingerprint density at radius 3 is 2.47 bits per heavy atom. The molecule has 0 heterocycles. The second-order valence-electron chi connectivity index (χ2n) is 4.15. The molecular weight excluding hydrogens is 216 g/mol. The Labute approximate surface area is 102 Å². The highest BCUT2D eigenvalue weighted by Gasteiger charge is 2.07. The van der Waals surface area contributed by atoms with Gasteiger partial charge in [-0.05, 0) is 31.0 Å². The van der Waals surface area contributed by atoms with Crippen molar-refractivity contribution in [2.45, 2.75) is 26.4 Å². The van der Waals surface area contributed by atoms with Crippen molar-refractivity contribution in [1.29, 1.82) is 0 Å². The maximum absolute atomic E-state index is 11.7. The van der Waals surface area contributed by atoms with Gasteiger partial charge < -0.3 is 15.3 Å². The topological polar surface area (TPSA) is 52.6 Å². The van der Waals surface area contributed by atoms with E-state index in [4.69, 9.17) is 0 Å². The predicted octanol–water partition coefficient (Wildman–Crippen LogP) is 2.61. The van der Waals surface area contributed by atoms with E-state index in [0.29, 0.717) is 0 Å². The average molecular weight is 236 g/mol. The van der Waals surface area contributed by atoms with E-state index in [1.165, 1.54) is 0 Å². The molecule has 0 saturated heterocycles. The highest BCUT2D eigenvalue weighted by Crippen LogP contribution is 2.15. The van der Waals surface area contributed by atoms with Crippen molar-refractivity contribution in [2.75, 3.05) is 18.9 Å². The minimum Gasteiger partial charge on any atom is -0.389 e. The molecule has 0 fully saturated rings. The summed E-state index contributed by atoms with van der Waals surface area (Å²) < 4.78 is 0. The molecule has 1 aromatic carbocycles. The van der Waals surface area contributed by atoms with Crippen LogP contribution in [0.25, 0.3) is 0 Å². The number of benzene rings is 1. The van der Waals surface area contributed by atoms with Gasteiger partial charge in [-0.1, -0.05) is 19.1 Å². The molecule has 1 atom stereocenters. The van der Waals surface area contributed by atoms with E-state index >= 15 is 0 Å². The highest BCUT2D eigenvalue weighted by atomic mass is 16.3. The summed E-state index contributed by atoms with van der Waals surface area (Å²) in [6, 6.07) is 7.08. The van der Waals surface area contributed by atoms with Crippen LogP contribution >= 0.6 is 0 Å². The predicted molar refractivity (Wildman–Crippen MR) is 69.0 cm³/mol. The number of aliphatic hydroxyl groups excluding tert-OH is 1. The Balaban J connectivity index is 2.60. The summed E-state index contributed by atoms with van der Waals surface area (Å²) in [5, 5.41) is 12.2. The van der Waals surface area contributed by atoms with Gasteiger partial charge in [0.15, 0.2) is 0 Å². The highest BCUT2D eigenvalue weighted by molar-refractivity contribution is 5.89. The van der Waals surface area contributed by atoms with Crippen LogP contribution in [0.5, 0.6) is 0 Å². The van der Waals surface area contributed by atoms with Crippen molar-refractivity contribution in [3.63, 3.8) is 0 Å². The molecule has 4 nitrogen and oxygen atoms in total. The second kappa shape index (κ2) is 6.25. The van der Waals surface area contributed by atoms with Crippen LogP contribution in [0.2, 0.25) is 0 Å². The number of amides is 2. The molecule has 0 aromatic heterocycles. The third kappa shape index (κ3) is 4.07. The molecule has 1 rings (SSSR count). The summed E-state index contributed by atoms with van der Waals surface area (Å²) in [5.41, 5.74) is 1.58. The number of aliphatic hydroxyl groups is 1. The minimum absolute atomic E-state index is 0.114. The largest absolute Gasteiger partial charge is 0.389 e. The first-order chi connectivity index (χ1) is 8.04. The first kappa shape index (κ1) is 13.5. The van der Waals surface area contributed by atoms with Crippen molar-refractivity contribution in [2.24, 2.45) is 0 Å². The molecule has 0 aliphatic carbocycles. The summed E-state index contributed by atoms with van der Waals surface area (Å²) in [4.78, 5) is 13.3. The standard InChI is InChI=1S/C13H20N2O2/c1-4-9-15(3)13(17)14-12-7-5-11(6-8-12)10(2)16/h5-8,10,16H,4,9H2,1-3H3,(H,14,17). The second-order valence-corrected chi connectivity index (χ2v) is 4.15. The van der Waals surface area contributed by atoms with Crippen LogP contribution in [-0.4, -0.2) is 29.6 Å². The number of anilines is 1. The van der Waals surface area contributed by atoms with Gasteiger partial charge in [-0.2, -0.15) is 0 Å². The lowest BCUT2D eigenvalue weighted by molar-refractivity contribution is 0.199. The zero-order valence-corrected chi connectivity index (χ0v) is 10.6. The molecule has 2 N–H and O–H groups in total. The van der Waals surface area contributed by atoms with E-state index in [0.717, 1.165) is 24.2 Å².